The van der Waals surface area contributed by atoms with E-state index in [9.17, 15) is 18.5 Å². The lowest BCUT2D eigenvalue weighted by Gasteiger charge is -2.06. The first-order chi connectivity index (χ1) is 13.9. The molecule has 0 bridgehead atoms. The predicted octanol–water partition coefficient (Wildman–Crippen LogP) is 4.90. The van der Waals surface area contributed by atoms with Gasteiger partial charge in [0.05, 0.1) is 10.5 Å². The van der Waals surface area contributed by atoms with Crippen molar-refractivity contribution in [2.45, 2.75) is 4.90 Å². The minimum Gasteiger partial charge on any atom is -0.423 e. The van der Waals surface area contributed by atoms with E-state index in [1.807, 2.05) is 0 Å². The van der Waals surface area contributed by atoms with Crippen LogP contribution in [0.5, 0.6) is 5.75 Å². The summed E-state index contributed by atoms with van der Waals surface area (Å²) >= 11 is 5.80. The van der Waals surface area contributed by atoms with Crippen LogP contribution in [0.25, 0.3) is 6.08 Å². The highest BCUT2D eigenvalue weighted by Crippen LogP contribution is 2.22. The maximum atomic E-state index is 12.6. The Labute approximate surface area is 173 Å². The van der Waals surface area contributed by atoms with Crippen molar-refractivity contribution in [2.75, 3.05) is 0 Å². The van der Waals surface area contributed by atoms with Gasteiger partial charge in [-0.05, 0) is 60.2 Å². The highest BCUT2D eigenvalue weighted by Gasteiger charge is 2.20. The summed E-state index contributed by atoms with van der Waals surface area (Å²) in [4.78, 5) is 11.8. The summed E-state index contributed by atoms with van der Waals surface area (Å²) in [5.41, 5.74) is 0.825. The van der Waals surface area contributed by atoms with Crippen molar-refractivity contribution >= 4 is 33.5 Å². The number of esters is 1. The van der Waals surface area contributed by atoms with E-state index >= 15 is 0 Å². The summed E-state index contributed by atoms with van der Waals surface area (Å²) in [7, 11) is -3.91. The number of nitrogens with zero attached hydrogens (tertiary/aromatic N) is 1. The Balaban J connectivity index is 1.79. The number of carbonyl (C=O) groups is 1. The molecule has 29 heavy (non-hydrogen) atoms. The molecule has 144 valence electrons. The van der Waals surface area contributed by atoms with E-state index in [2.05, 4.69) is 0 Å². The molecular formula is C22H14ClNO4S. The molecule has 0 amide bonds. The smallest absolute Gasteiger partial charge is 0.343 e. The van der Waals surface area contributed by atoms with Crippen LogP contribution in [-0.4, -0.2) is 14.4 Å². The van der Waals surface area contributed by atoms with Crippen molar-refractivity contribution in [3.05, 3.63) is 99.9 Å². The quantitative estimate of drug-likeness (QED) is 0.331. The Morgan fingerprint density at radius 2 is 1.55 bits per heavy atom. The van der Waals surface area contributed by atoms with Gasteiger partial charge in [0, 0.05) is 5.02 Å². The van der Waals surface area contributed by atoms with E-state index in [1.54, 1.807) is 60.7 Å². The number of allylic oxidation sites excluding steroid dienone is 1. The van der Waals surface area contributed by atoms with Gasteiger partial charge in [0.2, 0.25) is 9.84 Å². The van der Waals surface area contributed by atoms with Gasteiger partial charge < -0.3 is 4.74 Å². The molecular weight excluding hydrogens is 410 g/mol. The van der Waals surface area contributed by atoms with Crippen LogP contribution in [0, 0.1) is 11.3 Å². The lowest BCUT2D eigenvalue weighted by molar-refractivity contribution is 0.0734. The van der Waals surface area contributed by atoms with Crippen molar-refractivity contribution in [1.29, 1.82) is 5.26 Å². The molecule has 0 atom stereocenters. The molecule has 0 saturated heterocycles. The Morgan fingerprint density at radius 1 is 0.931 bits per heavy atom. The third kappa shape index (κ3) is 4.91. The van der Waals surface area contributed by atoms with Crippen LogP contribution < -0.4 is 4.74 Å². The van der Waals surface area contributed by atoms with E-state index in [1.165, 1.54) is 30.3 Å². The Hall–Kier alpha value is -3.40. The summed E-state index contributed by atoms with van der Waals surface area (Å²) in [6, 6.07) is 21.9. The maximum absolute atomic E-state index is 12.6. The van der Waals surface area contributed by atoms with Gasteiger partial charge in [0.25, 0.3) is 0 Å². The first-order valence-corrected chi connectivity index (χ1v) is 10.3. The van der Waals surface area contributed by atoms with E-state index in [0.717, 1.165) is 0 Å². The first-order valence-electron chi connectivity index (χ1n) is 8.40. The first kappa shape index (κ1) is 20.3. The third-order valence-corrected chi connectivity index (χ3v) is 5.85. The van der Waals surface area contributed by atoms with E-state index < -0.39 is 15.8 Å². The second-order valence-corrected chi connectivity index (χ2v) is 8.26. The van der Waals surface area contributed by atoms with Crippen molar-refractivity contribution < 1.29 is 17.9 Å². The topological polar surface area (TPSA) is 84.2 Å². The number of sulfone groups is 1. The average molecular weight is 424 g/mol. The van der Waals surface area contributed by atoms with Crippen molar-refractivity contribution in [1.82, 2.24) is 0 Å². The van der Waals surface area contributed by atoms with Gasteiger partial charge in [0.15, 0.2) is 0 Å². The van der Waals surface area contributed by atoms with Gasteiger partial charge in [-0.2, -0.15) is 5.26 Å². The average Bonchev–Trinajstić information content (AvgIpc) is 2.74. The zero-order valence-electron chi connectivity index (χ0n) is 14.9. The van der Waals surface area contributed by atoms with Gasteiger partial charge >= 0.3 is 5.97 Å². The van der Waals surface area contributed by atoms with E-state index in [4.69, 9.17) is 16.3 Å². The highest BCUT2D eigenvalue weighted by molar-refractivity contribution is 7.95. The molecule has 0 radical (unpaired) electrons. The fourth-order valence-electron chi connectivity index (χ4n) is 2.43. The summed E-state index contributed by atoms with van der Waals surface area (Å²) in [5, 5.41) is 9.84. The predicted molar refractivity (Wildman–Crippen MR) is 110 cm³/mol. The fourth-order valence-corrected chi connectivity index (χ4v) is 3.74. The lowest BCUT2D eigenvalue weighted by Crippen LogP contribution is -2.08. The Morgan fingerprint density at radius 3 is 2.14 bits per heavy atom. The number of hydrogen-bond donors (Lipinski definition) is 0. The fraction of sp³-hybridized carbons (Fsp3) is 0. The molecule has 0 unspecified atom stereocenters. The van der Waals surface area contributed by atoms with Gasteiger partial charge in [0.1, 0.15) is 16.7 Å². The monoisotopic (exact) mass is 423 g/mol. The van der Waals surface area contributed by atoms with Crippen LogP contribution in [-0.2, 0) is 9.84 Å². The molecule has 0 fully saturated rings. The maximum Gasteiger partial charge on any atom is 0.343 e. The lowest BCUT2D eigenvalue weighted by atomic mass is 10.2. The zero-order chi connectivity index (χ0) is 20.9. The van der Waals surface area contributed by atoms with Gasteiger partial charge in [-0.1, -0.05) is 41.9 Å². The van der Waals surface area contributed by atoms with Crippen LogP contribution in [0.3, 0.4) is 0 Å². The number of carbonyl (C=O) groups excluding carboxylic acids is 1. The van der Waals surface area contributed by atoms with Crippen LogP contribution in [0.4, 0.5) is 0 Å². The summed E-state index contributed by atoms with van der Waals surface area (Å²) < 4.78 is 30.5. The number of nitriles is 1. The van der Waals surface area contributed by atoms with Crippen LogP contribution in [0.15, 0.2) is 88.7 Å². The number of hydrogen-bond acceptors (Lipinski definition) is 5. The van der Waals surface area contributed by atoms with E-state index in [-0.39, 0.29) is 15.6 Å². The molecule has 5 nitrogen and oxygen atoms in total. The highest BCUT2D eigenvalue weighted by atomic mass is 35.5. The van der Waals surface area contributed by atoms with Crippen LogP contribution >= 0.6 is 11.6 Å². The molecule has 0 aliphatic rings. The van der Waals surface area contributed by atoms with Crippen LogP contribution in [0.1, 0.15) is 15.9 Å². The molecule has 0 N–H and O–H groups in total. The Kier molecular flexibility index (Phi) is 6.13. The summed E-state index contributed by atoms with van der Waals surface area (Å²) in [6.07, 6.45) is 1.27. The normalized spacial score (nSPS) is 11.5. The molecule has 0 aliphatic carbocycles. The molecule has 7 heteroatoms. The second kappa shape index (κ2) is 8.74. The molecule has 3 aromatic rings. The SMILES string of the molecule is N#C/C(=C\c1ccc(OC(=O)c2ccc(Cl)cc2)cc1)S(=O)(=O)c1ccccc1. The van der Waals surface area contributed by atoms with Gasteiger partial charge in [-0.15, -0.1) is 0 Å². The number of halogens is 1. The number of ether oxygens (including phenoxy) is 1. The minimum absolute atomic E-state index is 0.0429. The third-order valence-electron chi connectivity index (χ3n) is 3.92. The Bertz CT molecular complexity index is 1190. The molecule has 3 aromatic carbocycles. The largest absolute Gasteiger partial charge is 0.423 e. The van der Waals surface area contributed by atoms with Gasteiger partial charge in [-0.25, -0.2) is 13.2 Å². The van der Waals surface area contributed by atoms with Gasteiger partial charge in [-0.3, -0.25) is 0 Å². The summed E-state index contributed by atoms with van der Waals surface area (Å²) in [6.45, 7) is 0. The molecule has 0 aromatic heterocycles. The molecule has 3 rings (SSSR count). The standard InChI is InChI=1S/C22H14ClNO4S/c23-18-10-8-17(9-11-18)22(25)28-19-12-6-16(7-13-19)14-21(15-24)29(26,27)20-4-2-1-3-5-20/h1-14H/b21-14+. The van der Waals surface area contributed by atoms with E-state index in [0.29, 0.717) is 16.1 Å². The van der Waals surface area contributed by atoms with Crippen molar-refractivity contribution in [3.8, 4) is 11.8 Å². The number of rotatable bonds is 5. The second-order valence-electron chi connectivity index (χ2n) is 5.90. The van der Waals surface area contributed by atoms with Crippen LogP contribution in [0.2, 0.25) is 5.02 Å². The molecule has 0 spiro atoms. The van der Waals surface area contributed by atoms with Crippen molar-refractivity contribution in [2.24, 2.45) is 0 Å². The molecule has 0 heterocycles. The van der Waals surface area contributed by atoms with Crippen molar-refractivity contribution in [3.63, 3.8) is 0 Å². The zero-order valence-corrected chi connectivity index (χ0v) is 16.5. The summed E-state index contributed by atoms with van der Waals surface area (Å²) in [5.74, 6) is -0.263. The minimum atomic E-state index is -3.91. The number of benzene rings is 3. The molecule has 0 aliphatic heterocycles. The molecule has 0 saturated carbocycles.